The van der Waals surface area contributed by atoms with Crippen molar-refractivity contribution < 1.29 is 9.59 Å². The van der Waals surface area contributed by atoms with Gasteiger partial charge in [-0.1, -0.05) is 41.4 Å². The number of carbonyl (C=O) groups is 2. The molecule has 2 N–H and O–H groups in total. The van der Waals surface area contributed by atoms with Gasteiger partial charge >= 0.3 is 0 Å². The predicted octanol–water partition coefficient (Wildman–Crippen LogP) is 4.16. The van der Waals surface area contributed by atoms with Gasteiger partial charge in [-0.3, -0.25) is 14.5 Å². The molecule has 2 aromatic rings. The van der Waals surface area contributed by atoms with E-state index in [0.717, 1.165) is 22.4 Å². The van der Waals surface area contributed by atoms with E-state index in [1.807, 2.05) is 32.9 Å². The number of carbonyl (C=O) groups excluding carboxylic acids is 2. The summed E-state index contributed by atoms with van der Waals surface area (Å²) in [6.07, 6.45) is 0. The lowest BCUT2D eigenvalue weighted by molar-refractivity contribution is -0.122. The molecule has 0 fully saturated rings. The number of anilines is 2. The summed E-state index contributed by atoms with van der Waals surface area (Å²) >= 11 is 6.06. The summed E-state index contributed by atoms with van der Waals surface area (Å²) in [6.45, 7) is 7.82. The maximum Gasteiger partial charge on any atom is 0.241 e. The molecule has 0 saturated heterocycles. The maximum atomic E-state index is 12.6. The normalized spacial score (nSPS) is 12.0. The first-order valence-corrected chi connectivity index (χ1v) is 9.20. The van der Waals surface area contributed by atoms with Gasteiger partial charge in [-0.15, -0.1) is 0 Å². The lowest BCUT2D eigenvalue weighted by Gasteiger charge is -2.24. The van der Waals surface area contributed by atoms with Crippen LogP contribution in [0.2, 0.25) is 5.02 Å². The van der Waals surface area contributed by atoms with Crippen LogP contribution in [0.15, 0.2) is 36.4 Å². The summed E-state index contributed by atoms with van der Waals surface area (Å²) in [7, 11) is 1.74. The van der Waals surface area contributed by atoms with Gasteiger partial charge in [-0.25, -0.2) is 0 Å². The second-order valence-electron chi connectivity index (χ2n) is 6.88. The number of nitrogens with one attached hydrogen (secondary N) is 2. The van der Waals surface area contributed by atoms with Crippen LogP contribution in [-0.2, 0) is 9.59 Å². The number of hydrogen-bond acceptors (Lipinski definition) is 3. The van der Waals surface area contributed by atoms with Gasteiger partial charge in [0.05, 0.1) is 23.3 Å². The zero-order valence-corrected chi connectivity index (χ0v) is 17.1. The van der Waals surface area contributed by atoms with E-state index in [-0.39, 0.29) is 18.4 Å². The Bertz CT molecular complexity index is 828. The van der Waals surface area contributed by atoms with E-state index in [1.165, 1.54) is 0 Å². The average molecular weight is 388 g/mol. The zero-order valence-electron chi connectivity index (χ0n) is 16.4. The second-order valence-corrected chi connectivity index (χ2v) is 7.29. The minimum atomic E-state index is -0.470. The Morgan fingerprint density at radius 1 is 1.07 bits per heavy atom. The van der Waals surface area contributed by atoms with Crippen molar-refractivity contribution in [2.24, 2.45) is 0 Å². The van der Waals surface area contributed by atoms with Gasteiger partial charge in [0.25, 0.3) is 0 Å². The van der Waals surface area contributed by atoms with Crippen LogP contribution >= 0.6 is 11.6 Å². The molecular weight excluding hydrogens is 362 g/mol. The number of rotatable bonds is 6. The first kappa shape index (κ1) is 20.9. The summed E-state index contributed by atoms with van der Waals surface area (Å²) in [5.74, 6) is -0.383. The first-order chi connectivity index (χ1) is 12.7. The molecule has 0 aliphatic heterocycles. The average Bonchev–Trinajstić information content (AvgIpc) is 2.59. The van der Waals surface area contributed by atoms with Crippen LogP contribution in [0.5, 0.6) is 0 Å². The molecule has 6 heteroatoms. The second kappa shape index (κ2) is 9.02. The largest absolute Gasteiger partial charge is 0.324 e. The Morgan fingerprint density at radius 3 is 2.26 bits per heavy atom. The van der Waals surface area contributed by atoms with E-state index in [1.54, 1.807) is 43.1 Å². The fraction of sp³-hybridized carbons (Fsp3) is 0.333. The molecule has 0 spiro atoms. The highest BCUT2D eigenvalue weighted by Gasteiger charge is 2.21. The first-order valence-electron chi connectivity index (χ1n) is 8.82. The molecule has 0 saturated carbocycles. The minimum Gasteiger partial charge on any atom is -0.324 e. The van der Waals surface area contributed by atoms with Crippen LogP contribution in [0.3, 0.4) is 0 Å². The SMILES string of the molecule is Cc1cc(C)c(NC(=O)[C@@H](C)N(C)CC(=O)Nc2ccccc2Cl)c(C)c1. The number of halogens is 1. The summed E-state index contributed by atoms with van der Waals surface area (Å²) in [4.78, 5) is 26.6. The van der Waals surface area contributed by atoms with Gasteiger partial charge in [-0.2, -0.15) is 0 Å². The lowest BCUT2D eigenvalue weighted by Crippen LogP contribution is -2.43. The molecule has 1 atom stereocenters. The van der Waals surface area contributed by atoms with Crippen molar-refractivity contribution in [2.75, 3.05) is 24.2 Å². The molecule has 0 bridgehead atoms. The molecular formula is C21H26ClN3O2. The molecule has 27 heavy (non-hydrogen) atoms. The quantitative estimate of drug-likeness (QED) is 0.782. The van der Waals surface area contributed by atoms with Gasteiger partial charge in [0.1, 0.15) is 0 Å². The Hall–Kier alpha value is -2.37. The standard InChI is InChI=1S/C21H26ClN3O2/c1-13-10-14(2)20(15(3)11-13)24-21(27)16(4)25(5)12-19(26)23-18-9-7-6-8-17(18)22/h6-11,16H,12H2,1-5H3,(H,23,26)(H,24,27)/t16-/m1/s1. The van der Waals surface area contributed by atoms with E-state index in [9.17, 15) is 9.59 Å². The van der Waals surface area contributed by atoms with Crippen LogP contribution in [-0.4, -0.2) is 36.3 Å². The number of para-hydroxylation sites is 1. The van der Waals surface area contributed by atoms with E-state index < -0.39 is 6.04 Å². The number of benzene rings is 2. The molecule has 0 aliphatic carbocycles. The van der Waals surface area contributed by atoms with Crippen molar-refractivity contribution in [3.8, 4) is 0 Å². The van der Waals surface area contributed by atoms with E-state index in [2.05, 4.69) is 10.6 Å². The molecule has 2 rings (SSSR count). The highest BCUT2D eigenvalue weighted by atomic mass is 35.5. The Morgan fingerprint density at radius 2 is 1.67 bits per heavy atom. The smallest absolute Gasteiger partial charge is 0.241 e. The van der Waals surface area contributed by atoms with Gasteiger partial charge in [0.15, 0.2) is 0 Å². The highest BCUT2D eigenvalue weighted by molar-refractivity contribution is 6.33. The van der Waals surface area contributed by atoms with Crippen molar-refractivity contribution in [3.63, 3.8) is 0 Å². The third-order valence-corrected chi connectivity index (χ3v) is 4.84. The number of nitrogens with zero attached hydrogens (tertiary/aromatic N) is 1. The zero-order chi connectivity index (χ0) is 20.1. The third-order valence-electron chi connectivity index (χ3n) is 4.51. The fourth-order valence-corrected chi connectivity index (χ4v) is 3.10. The summed E-state index contributed by atoms with van der Waals surface area (Å²) in [5, 5.41) is 6.23. The summed E-state index contributed by atoms with van der Waals surface area (Å²) in [5.41, 5.74) is 4.58. The van der Waals surface area contributed by atoms with Crippen molar-refractivity contribution in [1.29, 1.82) is 0 Å². The van der Waals surface area contributed by atoms with Crippen LogP contribution in [0.1, 0.15) is 23.6 Å². The fourth-order valence-electron chi connectivity index (χ4n) is 2.92. The highest BCUT2D eigenvalue weighted by Crippen LogP contribution is 2.23. The van der Waals surface area contributed by atoms with Crippen molar-refractivity contribution >= 4 is 34.8 Å². The molecule has 0 unspecified atom stereocenters. The van der Waals surface area contributed by atoms with E-state index in [0.29, 0.717) is 10.7 Å². The Balaban J connectivity index is 1.98. The molecule has 2 aromatic carbocycles. The molecule has 0 aromatic heterocycles. The van der Waals surface area contributed by atoms with E-state index >= 15 is 0 Å². The molecule has 0 radical (unpaired) electrons. The van der Waals surface area contributed by atoms with Crippen molar-refractivity contribution in [1.82, 2.24) is 4.90 Å². The number of likely N-dealkylation sites (N-methyl/N-ethyl adjacent to an activating group) is 1. The topological polar surface area (TPSA) is 61.4 Å². The van der Waals surface area contributed by atoms with Crippen LogP contribution in [0.25, 0.3) is 0 Å². The third kappa shape index (κ3) is 5.55. The summed E-state index contributed by atoms with van der Waals surface area (Å²) < 4.78 is 0. The van der Waals surface area contributed by atoms with Crippen molar-refractivity contribution in [3.05, 3.63) is 58.1 Å². The minimum absolute atomic E-state index is 0.0751. The Labute approximate surface area is 165 Å². The monoisotopic (exact) mass is 387 g/mol. The predicted molar refractivity (Wildman–Crippen MR) is 111 cm³/mol. The van der Waals surface area contributed by atoms with Crippen LogP contribution in [0, 0.1) is 20.8 Å². The number of aryl methyl sites for hydroxylation is 3. The number of hydrogen-bond donors (Lipinski definition) is 2. The van der Waals surface area contributed by atoms with Gasteiger partial charge in [-0.05, 0) is 58.0 Å². The van der Waals surface area contributed by atoms with Gasteiger partial charge in [0.2, 0.25) is 11.8 Å². The molecule has 5 nitrogen and oxygen atoms in total. The van der Waals surface area contributed by atoms with E-state index in [4.69, 9.17) is 11.6 Å². The van der Waals surface area contributed by atoms with Crippen LogP contribution < -0.4 is 10.6 Å². The van der Waals surface area contributed by atoms with Crippen molar-refractivity contribution in [2.45, 2.75) is 33.7 Å². The maximum absolute atomic E-state index is 12.6. The molecule has 0 aliphatic rings. The van der Waals surface area contributed by atoms with Gasteiger partial charge in [0, 0.05) is 5.69 Å². The molecule has 2 amide bonds. The lowest BCUT2D eigenvalue weighted by atomic mass is 10.0. The van der Waals surface area contributed by atoms with Gasteiger partial charge < -0.3 is 10.6 Å². The molecule has 0 heterocycles. The van der Waals surface area contributed by atoms with Crippen LogP contribution in [0.4, 0.5) is 11.4 Å². The summed E-state index contributed by atoms with van der Waals surface area (Å²) in [6, 6.07) is 10.6. The number of amides is 2. The Kier molecular flexibility index (Phi) is 6.99. The molecule has 144 valence electrons.